The maximum Gasteiger partial charge on any atom is 0.325 e. The molecule has 0 bridgehead atoms. The van der Waals surface area contributed by atoms with Crippen LogP contribution < -0.4 is 4.74 Å². The average molecular weight is 347 g/mol. The van der Waals surface area contributed by atoms with Gasteiger partial charge in [0.25, 0.3) is 0 Å². The number of ether oxygens (including phenoxy) is 1. The summed E-state index contributed by atoms with van der Waals surface area (Å²) in [7, 11) is 1.57. The molecule has 3 atom stereocenters. The maximum absolute atomic E-state index is 11.9. The number of likely N-dealkylation sites (tertiary alicyclic amines) is 1. The minimum absolute atomic E-state index is 0.0482. The first-order valence-corrected chi connectivity index (χ1v) is 8.82. The molecule has 24 heavy (non-hydrogen) atoms. The van der Waals surface area contributed by atoms with E-state index in [1.165, 1.54) is 5.56 Å². The van der Waals surface area contributed by atoms with Gasteiger partial charge in [-0.3, -0.25) is 9.69 Å². The van der Waals surface area contributed by atoms with E-state index in [-0.39, 0.29) is 18.4 Å². The molecule has 0 saturated carbocycles. The number of nitrogens with zero attached hydrogens (tertiary/aromatic N) is 1. The van der Waals surface area contributed by atoms with Gasteiger partial charge in [0.05, 0.1) is 7.11 Å². The number of aliphatic hydroxyl groups is 1. The Morgan fingerprint density at radius 1 is 1.42 bits per heavy atom. The summed E-state index contributed by atoms with van der Waals surface area (Å²) in [4.78, 5) is 13.9. The molecule has 3 rings (SSSR count). The molecule has 128 valence electrons. The van der Waals surface area contributed by atoms with Crippen LogP contribution in [0, 0.1) is 5.92 Å². The van der Waals surface area contributed by atoms with E-state index in [4.69, 9.17) is 4.74 Å². The first-order chi connectivity index (χ1) is 11.6. The summed E-state index contributed by atoms with van der Waals surface area (Å²) in [5.74, 6) is -0.0299. The van der Waals surface area contributed by atoms with Crippen molar-refractivity contribution >= 4 is 17.3 Å². The van der Waals surface area contributed by atoms with Crippen LogP contribution in [0.25, 0.3) is 0 Å². The Balaban J connectivity index is 1.88. The molecule has 0 aliphatic carbocycles. The van der Waals surface area contributed by atoms with Gasteiger partial charge in [-0.1, -0.05) is 12.1 Å². The number of carbonyl (C=O) groups is 1. The van der Waals surface area contributed by atoms with Crippen LogP contribution in [0.15, 0.2) is 41.1 Å². The lowest BCUT2D eigenvalue weighted by Gasteiger charge is -2.25. The minimum Gasteiger partial charge on any atom is -0.497 e. The number of methoxy groups -OCH3 is 1. The summed E-state index contributed by atoms with van der Waals surface area (Å²) in [5.41, 5.74) is 1.88. The van der Waals surface area contributed by atoms with Crippen LogP contribution in [0.3, 0.4) is 0 Å². The molecule has 2 N–H and O–H groups in total. The lowest BCUT2D eigenvalue weighted by Crippen LogP contribution is -2.32. The zero-order valence-electron chi connectivity index (χ0n) is 13.5. The van der Waals surface area contributed by atoms with Crippen molar-refractivity contribution in [1.29, 1.82) is 0 Å². The molecular weight excluding hydrogens is 326 g/mol. The van der Waals surface area contributed by atoms with E-state index in [1.54, 1.807) is 36.6 Å². The molecule has 2 heterocycles. The summed E-state index contributed by atoms with van der Waals surface area (Å²) < 4.78 is 5.22. The smallest absolute Gasteiger partial charge is 0.325 e. The van der Waals surface area contributed by atoms with Crippen molar-refractivity contribution in [2.45, 2.75) is 12.0 Å². The van der Waals surface area contributed by atoms with E-state index >= 15 is 0 Å². The average Bonchev–Trinajstić information content (AvgIpc) is 3.24. The molecule has 0 radical (unpaired) electrons. The van der Waals surface area contributed by atoms with E-state index < -0.39 is 12.0 Å². The Hall–Kier alpha value is -1.89. The van der Waals surface area contributed by atoms with Gasteiger partial charge in [0.2, 0.25) is 0 Å². The normalized spacial score (nSPS) is 22.4. The predicted molar refractivity (Wildman–Crippen MR) is 92.6 cm³/mol. The van der Waals surface area contributed by atoms with Crippen molar-refractivity contribution < 1.29 is 19.7 Å². The first kappa shape index (κ1) is 17.0. The van der Waals surface area contributed by atoms with E-state index in [0.29, 0.717) is 24.4 Å². The summed E-state index contributed by atoms with van der Waals surface area (Å²) in [6, 6.07) is 8.51. The fourth-order valence-corrected chi connectivity index (χ4v) is 4.21. The number of rotatable bonds is 6. The van der Waals surface area contributed by atoms with Crippen LogP contribution >= 0.6 is 11.3 Å². The van der Waals surface area contributed by atoms with E-state index in [1.807, 2.05) is 16.3 Å². The van der Waals surface area contributed by atoms with E-state index in [2.05, 4.69) is 11.4 Å². The summed E-state index contributed by atoms with van der Waals surface area (Å²) in [5, 5.41) is 23.6. The maximum atomic E-state index is 11.9. The van der Waals surface area contributed by atoms with Gasteiger partial charge in [-0.15, -0.1) is 0 Å². The number of aliphatic hydroxyl groups excluding tert-OH is 1. The van der Waals surface area contributed by atoms with Crippen molar-refractivity contribution in [3.8, 4) is 5.75 Å². The second kappa shape index (κ2) is 7.34. The van der Waals surface area contributed by atoms with Gasteiger partial charge in [-0.25, -0.2) is 0 Å². The number of carboxylic acid groups (broad SMARTS) is 1. The highest BCUT2D eigenvalue weighted by Gasteiger charge is 2.39. The molecule has 1 aliphatic heterocycles. The molecule has 1 saturated heterocycles. The van der Waals surface area contributed by atoms with Crippen LogP contribution in [0.4, 0.5) is 0 Å². The molecule has 1 fully saturated rings. The van der Waals surface area contributed by atoms with Crippen molar-refractivity contribution in [3.05, 3.63) is 52.2 Å². The number of carboxylic acids is 1. The Morgan fingerprint density at radius 2 is 2.25 bits per heavy atom. The first-order valence-electron chi connectivity index (χ1n) is 7.87. The van der Waals surface area contributed by atoms with Gasteiger partial charge in [-0.2, -0.15) is 11.3 Å². The third-order valence-electron chi connectivity index (χ3n) is 4.68. The molecule has 1 aromatic heterocycles. The summed E-state index contributed by atoms with van der Waals surface area (Å²) in [6.45, 7) is 1.24. The largest absolute Gasteiger partial charge is 0.497 e. The van der Waals surface area contributed by atoms with Crippen molar-refractivity contribution in [2.75, 3.05) is 26.8 Å². The van der Waals surface area contributed by atoms with Gasteiger partial charge < -0.3 is 14.9 Å². The van der Waals surface area contributed by atoms with Crippen molar-refractivity contribution in [3.63, 3.8) is 0 Å². The molecule has 1 aliphatic rings. The van der Waals surface area contributed by atoms with Crippen LogP contribution in [-0.2, 0) is 4.79 Å². The third-order valence-corrected chi connectivity index (χ3v) is 5.39. The second-order valence-corrected chi connectivity index (χ2v) is 6.86. The molecule has 0 amide bonds. The Kier molecular flexibility index (Phi) is 5.18. The molecular formula is C18H21NO4S. The number of benzene rings is 1. The highest BCUT2D eigenvalue weighted by Crippen LogP contribution is 2.38. The Bertz CT molecular complexity index is 688. The minimum atomic E-state index is -0.883. The highest BCUT2D eigenvalue weighted by atomic mass is 32.1. The monoisotopic (exact) mass is 347 g/mol. The fourth-order valence-electron chi connectivity index (χ4n) is 3.49. The van der Waals surface area contributed by atoms with Gasteiger partial charge in [0.1, 0.15) is 11.8 Å². The fraction of sp³-hybridized carbons (Fsp3) is 0.389. The molecule has 0 spiro atoms. The summed E-state index contributed by atoms with van der Waals surface area (Å²) >= 11 is 1.62. The van der Waals surface area contributed by atoms with Gasteiger partial charge in [0.15, 0.2) is 0 Å². The highest BCUT2D eigenvalue weighted by molar-refractivity contribution is 7.08. The van der Waals surface area contributed by atoms with Crippen molar-refractivity contribution in [2.24, 2.45) is 5.92 Å². The second-order valence-electron chi connectivity index (χ2n) is 6.08. The quantitative estimate of drug-likeness (QED) is 0.840. The van der Waals surface area contributed by atoms with E-state index in [0.717, 1.165) is 0 Å². The lowest BCUT2D eigenvalue weighted by molar-refractivity contribution is -0.143. The SMILES string of the molecule is COc1cccc(C(C(=O)O)N2C[C@@H](CO)[C@H](c3ccsc3)C2)c1. The van der Waals surface area contributed by atoms with Crippen LogP contribution in [0.5, 0.6) is 5.75 Å². The number of hydrogen-bond donors (Lipinski definition) is 2. The number of thiophene rings is 1. The van der Waals surface area contributed by atoms with Crippen LogP contribution in [0.1, 0.15) is 23.1 Å². The molecule has 6 heteroatoms. The van der Waals surface area contributed by atoms with Gasteiger partial charge in [-0.05, 0) is 40.1 Å². The topological polar surface area (TPSA) is 70.0 Å². The lowest BCUT2D eigenvalue weighted by atomic mass is 9.91. The molecule has 5 nitrogen and oxygen atoms in total. The van der Waals surface area contributed by atoms with Crippen LogP contribution in [0.2, 0.25) is 0 Å². The van der Waals surface area contributed by atoms with Crippen molar-refractivity contribution in [1.82, 2.24) is 4.90 Å². The third kappa shape index (κ3) is 3.31. The molecule has 1 unspecified atom stereocenters. The zero-order chi connectivity index (χ0) is 17.1. The zero-order valence-corrected chi connectivity index (χ0v) is 14.3. The van der Waals surface area contributed by atoms with E-state index in [9.17, 15) is 15.0 Å². The molecule has 2 aromatic rings. The Morgan fingerprint density at radius 3 is 2.88 bits per heavy atom. The molecule has 1 aromatic carbocycles. The number of hydrogen-bond acceptors (Lipinski definition) is 5. The summed E-state index contributed by atoms with van der Waals surface area (Å²) in [6.07, 6.45) is 0. The predicted octanol–water partition coefficient (Wildman–Crippen LogP) is 2.59. The van der Waals surface area contributed by atoms with Gasteiger partial charge >= 0.3 is 5.97 Å². The Labute approximate surface area is 145 Å². The van der Waals surface area contributed by atoms with Crippen LogP contribution in [-0.4, -0.2) is 47.9 Å². The number of aliphatic carboxylic acids is 1. The van der Waals surface area contributed by atoms with Gasteiger partial charge in [0, 0.05) is 31.5 Å². The standard InChI is InChI=1S/C18H21NO4S/c1-23-15-4-2-3-12(7-15)17(18(21)22)19-8-14(10-20)16(9-19)13-5-6-24-11-13/h2-7,11,14,16-17,20H,8-10H2,1H3,(H,21,22)/t14-,16-,17?/m0/s1.